The Balaban J connectivity index is 2.27. The summed E-state index contributed by atoms with van der Waals surface area (Å²) in [4.78, 5) is 23.4. The standard InChI is InChI=1S/C13H11N3O3S2/c1-3-8-7(2)20-13(9(8)6-14)15-12(17)10-4-5-11(21-10)16(18)19/h4-5H,3H2,1-2H3,(H,15,17). The van der Waals surface area contributed by atoms with E-state index in [0.717, 1.165) is 21.8 Å². The molecule has 21 heavy (non-hydrogen) atoms. The van der Waals surface area contributed by atoms with Gasteiger partial charge in [0.2, 0.25) is 0 Å². The van der Waals surface area contributed by atoms with Gasteiger partial charge in [-0.3, -0.25) is 14.9 Å². The van der Waals surface area contributed by atoms with Crippen molar-refractivity contribution < 1.29 is 9.72 Å². The molecule has 108 valence electrons. The number of carbonyl (C=O) groups excluding carboxylic acids is 1. The van der Waals surface area contributed by atoms with Crippen molar-refractivity contribution in [2.75, 3.05) is 5.32 Å². The zero-order valence-electron chi connectivity index (χ0n) is 11.3. The van der Waals surface area contributed by atoms with Gasteiger partial charge in [0.05, 0.1) is 15.4 Å². The summed E-state index contributed by atoms with van der Waals surface area (Å²) in [5, 5.41) is 22.9. The highest BCUT2D eigenvalue weighted by atomic mass is 32.1. The van der Waals surface area contributed by atoms with E-state index in [-0.39, 0.29) is 9.88 Å². The van der Waals surface area contributed by atoms with Gasteiger partial charge in [0.15, 0.2) is 0 Å². The van der Waals surface area contributed by atoms with E-state index < -0.39 is 10.8 Å². The van der Waals surface area contributed by atoms with Crippen LogP contribution in [-0.2, 0) is 6.42 Å². The van der Waals surface area contributed by atoms with Crippen LogP contribution in [0.4, 0.5) is 10.0 Å². The van der Waals surface area contributed by atoms with Gasteiger partial charge < -0.3 is 5.32 Å². The van der Waals surface area contributed by atoms with Crippen molar-refractivity contribution in [1.29, 1.82) is 5.26 Å². The molecule has 0 fully saturated rings. The summed E-state index contributed by atoms with van der Waals surface area (Å²) in [6, 6.07) is 4.81. The van der Waals surface area contributed by atoms with Gasteiger partial charge in [0, 0.05) is 10.9 Å². The van der Waals surface area contributed by atoms with Crippen molar-refractivity contribution >= 4 is 38.6 Å². The van der Waals surface area contributed by atoms with E-state index in [9.17, 15) is 20.2 Å². The molecular weight excluding hydrogens is 310 g/mol. The van der Waals surface area contributed by atoms with Crippen molar-refractivity contribution in [3.8, 4) is 6.07 Å². The van der Waals surface area contributed by atoms with Gasteiger partial charge in [-0.2, -0.15) is 5.26 Å². The molecule has 0 aromatic carbocycles. The second-order valence-corrected chi connectivity index (χ2v) is 6.44. The van der Waals surface area contributed by atoms with Crippen LogP contribution < -0.4 is 5.32 Å². The van der Waals surface area contributed by atoms with Crippen LogP contribution in [0.3, 0.4) is 0 Å². The van der Waals surface area contributed by atoms with E-state index in [0.29, 0.717) is 17.0 Å². The molecule has 0 aliphatic carbocycles. The zero-order valence-corrected chi connectivity index (χ0v) is 12.9. The zero-order chi connectivity index (χ0) is 15.6. The van der Waals surface area contributed by atoms with Crippen LogP contribution in [-0.4, -0.2) is 10.8 Å². The average Bonchev–Trinajstić information content (AvgIpc) is 3.03. The van der Waals surface area contributed by atoms with Gasteiger partial charge in [0.1, 0.15) is 11.1 Å². The molecule has 2 heterocycles. The Labute approximate surface area is 128 Å². The summed E-state index contributed by atoms with van der Waals surface area (Å²) in [6.07, 6.45) is 0.714. The Hall–Kier alpha value is -2.24. The minimum absolute atomic E-state index is 0.0859. The molecule has 0 saturated carbocycles. The largest absolute Gasteiger partial charge is 0.324 e. The molecule has 6 nitrogen and oxygen atoms in total. The first-order valence-electron chi connectivity index (χ1n) is 6.05. The van der Waals surface area contributed by atoms with E-state index in [4.69, 9.17) is 0 Å². The first-order chi connectivity index (χ1) is 9.97. The van der Waals surface area contributed by atoms with Crippen molar-refractivity contribution in [2.24, 2.45) is 0 Å². The van der Waals surface area contributed by atoms with Crippen LogP contribution in [0.5, 0.6) is 0 Å². The third kappa shape index (κ3) is 2.94. The Morgan fingerprint density at radius 1 is 1.48 bits per heavy atom. The van der Waals surface area contributed by atoms with Gasteiger partial charge >= 0.3 is 5.00 Å². The molecule has 0 aliphatic rings. The topological polar surface area (TPSA) is 96.0 Å². The third-order valence-electron chi connectivity index (χ3n) is 2.90. The van der Waals surface area contributed by atoms with Crippen LogP contribution >= 0.6 is 22.7 Å². The Morgan fingerprint density at radius 2 is 2.19 bits per heavy atom. The molecule has 8 heteroatoms. The fourth-order valence-electron chi connectivity index (χ4n) is 1.92. The number of nitriles is 1. The van der Waals surface area contributed by atoms with Crippen LogP contribution in [0.25, 0.3) is 0 Å². The molecule has 0 spiro atoms. The fourth-order valence-corrected chi connectivity index (χ4v) is 3.73. The summed E-state index contributed by atoms with van der Waals surface area (Å²) < 4.78 is 0. The Morgan fingerprint density at radius 3 is 2.71 bits per heavy atom. The minimum atomic E-state index is -0.535. The summed E-state index contributed by atoms with van der Waals surface area (Å²) in [5.41, 5.74) is 1.40. The van der Waals surface area contributed by atoms with E-state index in [1.165, 1.54) is 23.5 Å². The maximum absolute atomic E-state index is 12.1. The van der Waals surface area contributed by atoms with Gasteiger partial charge in [-0.25, -0.2) is 0 Å². The monoisotopic (exact) mass is 321 g/mol. The Bertz CT molecular complexity index is 755. The highest BCUT2D eigenvalue weighted by Gasteiger charge is 2.19. The quantitative estimate of drug-likeness (QED) is 0.685. The third-order valence-corrected chi connectivity index (χ3v) is 5.00. The Kier molecular flexibility index (Phi) is 4.35. The summed E-state index contributed by atoms with van der Waals surface area (Å²) >= 11 is 2.15. The number of anilines is 1. The van der Waals surface area contributed by atoms with Crippen molar-refractivity contribution in [2.45, 2.75) is 20.3 Å². The van der Waals surface area contributed by atoms with Crippen molar-refractivity contribution in [1.82, 2.24) is 0 Å². The molecule has 1 amide bonds. The maximum Gasteiger partial charge on any atom is 0.324 e. The number of thiophene rings is 2. The minimum Gasteiger partial charge on any atom is -0.312 e. The van der Waals surface area contributed by atoms with Crippen molar-refractivity contribution in [3.63, 3.8) is 0 Å². The smallest absolute Gasteiger partial charge is 0.312 e. The highest BCUT2D eigenvalue weighted by molar-refractivity contribution is 7.18. The molecule has 0 saturated heterocycles. The number of hydrogen-bond donors (Lipinski definition) is 1. The molecule has 0 bridgehead atoms. The maximum atomic E-state index is 12.1. The first kappa shape index (κ1) is 15.2. The lowest BCUT2D eigenvalue weighted by Crippen LogP contribution is -2.09. The molecule has 0 aliphatic heterocycles. The molecule has 0 radical (unpaired) electrons. The van der Waals surface area contributed by atoms with Gasteiger partial charge in [-0.15, -0.1) is 11.3 Å². The van der Waals surface area contributed by atoms with Crippen LogP contribution in [0, 0.1) is 28.4 Å². The summed E-state index contributed by atoms with van der Waals surface area (Å²) in [6.45, 7) is 3.85. The molecule has 0 unspecified atom stereocenters. The second-order valence-electron chi connectivity index (χ2n) is 4.16. The van der Waals surface area contributed by atoms with Crippen LogP contribution in [0.1, 0.15) is 32.6 Å². The summed E-state index contributed by atoms with van der Waals surface area (Å²) in [5.74, 6) is -0.437. The van der Waals surface area contributed by atoms with Crippen LogP contribution in [0.2, 0.25) is 0 Å². The van der Waals surface area contributed by atoms with E-state index in [1.807, 2.05) is 13.8 Å². The number of nitrogens with one attached hydrogen (secondary N) is 1. The van der Waals surface area contributed by atoms with Crippen LogP contribution in [0.15, 0.2) is 12.1 Å². The second kappa shape index (κ2) is 6.03. The molecular formula is C13H11N3O3S2. The molecule has 0 atom stereocenters. The number of amides is 1. The fraction of sp³-hybridized carbons (Fsp3) is 0.231. The number of rotatable bonds is 4. The van der Waals surface area contributed by atoms with E-state index in [1.54, 1.807) is 0 Å². The number of carbonyl (C=O) groups is 1. The normalized spacial score (nSPS) is 10.1. The summed E-state index contributed by atoms with van der Waals surface area (Å²) in [7, 11) is 0. The van der Waals surface area contributed by atoms with Gasteiger partial charge in [-0.1, -0.05) is 18.3 Å². The number of nitro groups is 1. The highest BCUT2D eigenvalue weighted by Crippen LogP contribution is 2.33. The van der Waals surface area contributed by atoms with E-state index in [2.05, 4.69) is 11.4 Å². The number of hydrogen-bond acceptors (Lipinski definition) is 6. The lowest BCUT2D eigenvalue weighted by Gasteiger charge is -2.00. The number of nitrogens with zero attached hydrogens (tertiary/aromatic N) is 2. The molecule has 1 N–H and O–H groups in total. The predicted molar refractivity (Wildman–Crippen MR) is 82.1 cm³/mol. The van der Waals surface area contributed by atoms with Gasteiger partial charge in [0.25, 0.3) is 5.91 Å². The number of aryl methyl sites for hydroxylation is 1. The predicted octanol–water partition coefficient (Wildman–Crippen LogP) is 3.71. The molecule has 2 aromatic rings. The molecule has 2 aromatic heterocycles. The lowest BCUT2D eigenvalue weighted by molar-refractivity contribution is -0.380. The van der Waals surface area contributed by atoms with Gasteiger partial charge in [-0.05, 0) is 25.0 Å². The first-order valence-corrected chi connectivity index (χ1v) is 7.69. The lowest BCUT2D eigenvalue weighted by atomic mass is 10.1. The molecule has 2 rings (SSSR count). The SMILES string of the molecule is CCc1c(C)sc(NC(=O)c2ccc([N+](=O)[O-])s2)c1C#N. The van der Waals surface area contributed by atoms with E-state index >= 15 is 0 Å². The average molecular weight is 321 g/mol. The van der Waals surface area contributed by atoms with Crippen molar-refractivity contribution in [3.05, 3.63) is 43.1 Å².